The van der Waals surface area contributed by atoms with Crippen LogP contribution < -0.4 is 0 Å². The van der Waals surface area contributed by atoms with Gasteiger partial charge in [0.1, 0.15) is 5.52 Å². The summed E-state index contributed by atoms with van der Waals surface area (Å²) in [7, 11) is 1.94. The minimum Gasteiger partial charge on any atom is -0.327 e. The number of aryl methyl sites for hydroxylation is 2. The van der Waals surface area contributed by atoms with Crippen molar-refractivity contribution >= 4 is 35.0 Å². The molecule has 0 saturated carbocycles. The fraction of sp³-hybridized carbons (Fsp3) is 0.286. The number of imidazole rings is 1. The molecule has 104 valence electrons. The summed E-state index contributed by atoms with van der Waals surface area (Å²) >= 11 is 11.4. The van der Waals surface area contributed by atoms with E-state index in [2.05, 4.69) is 17.0 Å². The van der Waals surface area contributed by atoms with Crippen molar-refractivity contribution in [2.75, 3.05) is 0 Å². The number of aromatic nitrogens is 4. The number of nitrogens with one attached hydrogen (secondary N) is 1. The molecule has 0 aliphatic carbocycles. The highest BCUT2D eigenvalue weighted by Crippen LogP contribution is 2.23. The molecule has 1 N–H and O–H groups in total. The zero-order valence-corrected chi connectivity index (χ0v) is 12.9. The van der Waals surface area contributed by atoms with Gasteiger partial charge >= 0.3 is 0 Å². The zero-order chi connectivity index (χ0) is 14.3. The van der Waals surface area contributed by atoms with Crippen LogP contribution in [0.2, 0.25) is 5.02 Å². The number of benzene rings is 1. The van der Waals surface area contributed by atoms with Gasteiger partial charge in [0, 0.05) is 12.1 Å². The quantitative estimate of drug-likeness (QED) is 0.742. The summed E-state index contributed by atoms with van der Waals surface area (Å²) in [4.78, 5) is 3.28. The van der Waals surface area contributed by atoms with Crippen LogP contribution in [0, 0.1) is 4.77 Å². The van der Waals surface area contributed by atoms with E-state index in [4.69, 9.17) is 23.8 Å². The van der Waals surface area contributed by atoms with Gasteiger partial charge in [0.05, 0.1) is 11.4 Å². The summed E-state index contributed by atoms with van der Waals surface area (Å²) in [6, 6.07) is 7.64. The highest BCUT2D eigenvalue weighted by Gasteiger charge is 2.15. The average molecular weight is 307 g/mol. The maximum atomic E-state index is 5.95. The minimum absolute atomic E-state index is 0.674. The summed E-state index contributed by atoms with van der Waals surface area (Å²) in [5, 5.41) is 5.29. The molecule has 0 spiro atoms. The Bertz CT molecular complexity index is 810. The summed E-state index contributed by atoms with van der Waals surface area (Å²) < 4.78 is 4.54. The second-order valence-electron chi connectivity index (χ2n) is 4.76. The van der Waals surface area contributed by atoms with Crippen LogP contribution in [0.4, 0.5) is 0 Å². The van der Waals surface area contributed by atoms with Gasteiger partial charge in [-0.1, -0.05) is 24.9 Å². The first-order valence-electron chi connectivity index (χ1n) is 6.54. The molecule has 3 rings (SSSR count). The third-order valence-corrected chi connectivity index (χ3v) is 3.84. The van der Waals surface area contributed by atoms with E-state index in [1.807, 2.05) is 40.6 Å². The van der Waals surface area contributed by atoms with Crippen LogP contribution in [0.1, 0.15) is 19.0 Å². The van der Waals surface area contributed by atoms with E-state index in [0.717, 1.165) is 35.4 Å². The Hall–Kier alpha value is -1.59. The maximum absolute atomic E-state index is 5.95. The Labute approximate surface area is 127 Å². The molecule has 0 amide bonds. The van der Waals surface area contributed by atoms with Crippen LogP contribution in [-0.2, 0) is 13.5 Å². The third kappa shape index (κ3) is 2.07. The Morgan fingerprint density at radius 2 is 2.00 bits per heavy atom. The van der Waals surface area contributed by atoms with Gasteiger partial charge in [0.15, 0.2) is 10.4 Å². The predicted molar refractivity (Wildman–Crippen MR) is 84.2 cm³/mol. The van der Waals surface area contributed by atoms with Crippen LogP contribution in [0.25, 0.3) is 16.9 Å². The average Bonchev–Trinajstić information content (AvgIpc) is 2.90. The van der Waals surface area contributed by atoms with Gasteiger partial charge in [-0.15, -0.1) is 0 Å². The smallest absolute Gasteiger partial charge is 0.184 e. The molecule has 0 fully saturated rings. The lowest BCUT2D eigenvalue weighted by molar-refractivity contribution is 0.735. The topological polar surface area (TPSA) is 38.5 Å². The van der Waals surface area contributed by atoms with Gasteiger partial charge in [-0.25, -0.2) is 4.68 Å². The van der Waals surface area contributed by atoms with Crippen molar-refractivity contribution in [3.63, 3.8) is 0 Å². The van der Waals surface area contributed by atoms with E-state index >= 15 is 0 Å². The molecule has 3 aromatic rings. The standard InChI is InChI=1S/C14H15ClN4S/c1-3-4-11-12-13(18(2)17-11)19(14(20)16-12)10-7-5-9(15)6-8-10/h5-8H,3-4H2,1-2H3,(H,16,20). The molecule has 0 atom stereocenters. The van der Waals surface area contributed by atoms with Crippen LogP contribution in [-0.4, -0.2) is 19.3 Å². The second-order valence-corrected chi connectivity index (χ2v) is 5.58. The third-order valence-electron chi connectivity index (χ3n) is 3.31. The molecule has 4 nitrogen and oxygen atoms in total. The molecular formula is C14H15ClN4S. The summed E-state index contributed by atoms with van der Waals surface area (Å²) in [6.07, 6.45) is 1.99. The van der Waals surface area contributed by atoms with Crippen LogP contribution in [0.5, 0.6) is 0 Å². The number of rotatable bonds is 3. The fourth-order valence-corrected chi connectivity index (χ4v) is 2.87. The van der Waals surface area contributed by atoms with Gasteiger partial charge in [-0.2, -0.15) is 5.10 Å². The number of H-pyrrole nitrogens is 1. The number of aromatic amines is 1. The molecule has 2 aromatic heterocycles. The Morgan fingerprint density at radius 1 is 1.30 bits per heavy atom. The van der Waals surface area contributed by atoms with Crippen molar-refractivity contribution in [2.24, 2.45) is 7.05 Å². The molecule has 1 aromatic carbocycles. The minimum atomic E-state index is 0.674. The van der Waals surface area contributed by atoms with Crippen molar-refractivity contribution in [1.29, 1.82) is 0 Å². The summed E-state index contributed by atoms with van der Waals surface area (Å²) in [6.45, 7) is 2.14. The number of fused-ring (bicyclic) bond motifs is 1. The van der Waals surface area contributed by atoms with Gasteiger partial charge < -0.3 is 4.98 Å². The molecule has 0 saturated heterocycles. The Morgan fingerprint density at radius 3 is 2.65 bits per heavy atom. The van der Waals surface area contributed by atoms with Gasteiger partial charge in [0.2, 0.25) is 0 Å². The monoisotopic (exact) mass is 306 g/mol. The van der Waals surface area contributed by atoms with Crippen molar-refractivity contribution in [3.05, 3.63) is 39.8 Å². The molecule has 6 heteroatoms. The van der Waals surface area contributed by atoms with Crippen molar-refractivity contribution in [2.45, 2.75) is 19.8 Å². The van der Waals surface area contributed by atoms with Crippen LogP contribution in [0.15, 0.2) is 24.3 Å². The zero-order valence-electron chi connectivity index (χ0n) is 11.4. The summed E-state index contributed by atoms with van der Waals surface area (Å²) in [5.41, 5.74) is 4.05. The van der Waals surface area contributed by atoms with Crippen molar-refractivity contribution < 1.29 is 0 Å². The first-order chi connectivity index (χ1) is 9.61. The Balaban J connectivity index is 2.28. The van der Waals surface area contributed by atoms with Gasteiger partial charge in [-0.05, 0) is 42.9 Å². The van der Waals surface area contributed by atoms with E-state index in [0.29, 0.717) is 9.79 Å². The van der Waals surface area contributed by atoms with Gasteiger partial charge in [-0.3, -0.25) is 4.57 Å². The number of hydrogen-bond donors (Lipinski definition) is 1. The van der Waals surface area contributed by atoms with E-state index in [1.165, 1.54) is 0 Å². The SMILES string of the molecule is CCCc1nn(C)c2c1[nH]c(=S)n2-c1ccc(Cl)cc1. The molecule has 0 radical (unpaired) electrons. The number of nitrogens with zero attached hydrogens (tertiary/aromatic N) is 3. The predicted octanol–water partition coefficient (Wildman–Crippen LogP) is 4.03. The number of hydrogen-bond acceptors (Lipinski definition) is 2. The van der Waals surface area contributed by atoms with Crippen molar-refractivity contribution in [1.82, 2.24) is 19.3 Å². The first-order valence-corrected chi connectivity index (χ1v) is 7.33. The van der Waals surface area contributed by atoms with E-state index < -0.39 is 0 Å². The fourth-order valence-electron chi connectivity index (χ4n) is 2.45. The summed E-state index contributed by atoms with van der Waals surface area (Å²) in [5.74, 6) is 0. The van der Waals surface area contributed by atoms with Gasteiger partial charge in [0.25, 0.3) is 0 Å². The van der Waals surface area contributed by atoms with Crippen LogP contribution in [0.3, 0.4) is 0 Å². The molecule has 2 heterocycles. The molecule has 20 heavy (non-hydrogen) atoms. The first kappa shape index (κ1) is 13.4. The van der Waals surface area contributed by atoms with Crippen LogP contribution >= 0.6 is 23.8 Å². The highest BCUT2D eigenvalue weighted by molar-refractivity contribution is 7.71. The molecule has 0 bridgehead atoms. The number of halogens is 1. The molecule has 0 unspecified atom stereocenters. The normalized spacial score (nSPS) is 11.3. The van der Waals surface area contributed by atoms with E-state index in [-0.39, 0.29) is 0 Å². The molecule has 0 aliphatic rings. The largest absolute Gasteiger partial charge is 0.327 e. The Kier molecular flexibility index (Phi) is 3.40. The lowest BCUT2D eigenvalue weighted by Crippen LogP contribution is -2.00. The lowest BCUT2D eigenvalue weighted by atomic mass is 10.2. The van der Waals surface area contributed by atoms with E-state index in [9.17, 15) is 0 Å². The lowest BCUT2D eigenvalue weighted by Gasteiger charge is -2.04. The highest BCUT2D eigenvalue weighted by atomic mass is 35.5. The second kappa shape index (κ2) is 5.07. The van der Waals surface area contributed by atoms with E-state index in [1.54, 1.807) is 0 Å². The molecular weight excluding hydrogens is 292 g/mol. The molecule has 0 aliphatic heterocycles. The van der Waals surface area contributed by atoms with Crippen molar-refractivity contribution in [3.8, 4) is 5.69 Å². The maximum Gasteiger partial charge on any atom is 0.184 e.